The Bertz CT molecular complexity index is 283. The molecular formula is C14H28N4O. The number of hydrogen-bond acceptors (Lipinski definition) is 2. The fourth-order valence-corrected chi connectivity index (χ4v) is 2.24. The summed E-state index contributed by atoms with van der Waals surface area (Å²) in [5.41, 5.74) is 0. The minimum atomic E-state index is 0.320. The van der Waals surface area contributed by atoms with Crippen molar-refractivity contribution in [2.75, 3.05) is 32.7 Å². The maximum absolute atomic E-state index is 11.8. The largest absolute Gasteiger partial charge is 0.357 e. The van der Waals surface area contributed by atoms with Gasteiger partial charge >= 0.3 is 0 Å². The van der Waals surface area contributed by atoms with Gasteiger partial charge < -0.3 is 15.5 Å². The normalized spacial score (nSPS) is 15.9. The first-order valence-corrected chi connectivity index (χ1v) is 7.57. The highest BCUT2D eigenvalue weighted by molar-refractivity contribution is 5.79. The Morgan fingerprint density at radius 1 is 1.21 bits per heavy atom. The molecule has 2 N–H and O–H groups in total. The second kappa shape index (κ2) is 9.64. The van der Waals surface area contributed by atoms with Crippen LogP contribution in [0, 0.1) is 0 Å². The van der Waals surface area contributed by atoms with Gasteiger partial charge in [0.25, 0.3) is 0 Å². The molecule has 0 aromatic carbocycles. The van der Waals surface area contributed by atoms with Gasteiger partial charge in [0.05, 0.1) is 0 Å². The minimum Gasteiger partial charge on any atom is -0.357 e. The minimum absolute atomic E-state index is 0.320. The molecule has 5 nitrogen and oxygen atoms in total. The van der Waals surface area contributed by atoms with Crippen molar-refractivity contribution in [2.24, 2.45) is 4.99 Å². The predicted molar refractivity (Wildman–Crippen MR) is 79.3 cm³/mol. The van der Waals surface area contributed by atoms with Crippen LogP contribution in [0.1, 0.15) is 46.0 Å². The van der Waals surface area contributed by atoms with E-state index in [1.54, 1.807) is 0 Å². The smallest absolute Gasteiger partial charge is 0.222 e. The molecule has 1 rings (SSSR count). The summed E-state index contributed by atoms with van der Waals surface area (Å²) in [6.07, 6.45) is 5.05. The molecule has 1 aliphatic heterocycles. The molecule has 1 aliphatic rings. The molecule has 5 heteroatoms. The van der Waals surface area contributed by atoms with Crippen molar-refractivity contribution in [3.8, 4) is 0 Å². The first kappa shape index (κ1) is 15.8. The van der Waals surface area contributed by atoms with Crippen molar-refractivity contribution in [3.05, 3.63) is 0 Å². The maximum Gasteiger partial charge on any atom is 0.222 e. The Labute approximate surface area is 116 Å². The van der Waals surface area contributed by atoms with Crippen LogP contribution in [0.4, 0.5) is 0 Å². The van der Waals surface area contributed by atoms with E-state index < -0.39 is 0 Å². The molecule has 19 heavy (non-hydrogen) atoms. The van der Waals surface area contributed by atoms with Crippen LogP contribution in [0.2, 0.25) is 0 Å². The van der Waals surface area contributed by atoms with Crippen LogP contribution in [0.5, 0.6) is 0 Å². The van der Waals surface area contributed by atoms with E-state index >= 15 is 0 Å². The number of hydrogen-bond donors (Lipinski definition) is 2. The van der Waals surface area contributed by atoms with Crippen molar-refractivity contribution in [2.45, 2.75) is 46.0 Å². The van der Waals surface area contributed by atoms with Gasteiger partial charge in [-0.05, 0) is 33.1 Å². The molecule has 1 saturated heterocycles. The molecule has 0 aromatic heterocycles. The van der Waals surface area contributed by atoms with E-state index in [1.807, 2.05) is 4.90 Å². The summed E-state index contributed by atoms with van der Waals surface area (Å²) in [5, 5.41) is 6.40. The molecule has 110 valence electrons. The highest BCUT2D eigenvalue weighted by Crippen LogP contribution is 2.11. The third-order valence-electron chi connectivity index (χ3n) is 3.22. The van der Waals surface area contributed by atoms with Crippen molar-refractivity contribution >= 4 is 11.9 Å². The molecule has 0 unspecified atom stereocenters. The van der Waals surface area contributed by atoms with Crippen molar-refractivity contribution in [3.63, 3.8) is 0 Å². The van der Waals surface area contributed by atoms with Crippen LogP contribution in [-0.2, 0) is 4.79 Å². The molecule has 0 bridgehead atoms. The van der Waals surface area contributed by atoms with Crippen molar-refractivity contribution in [1.29, 1.82) is 0 Å². The average molecular weight is 268 g/mol. The summed E-state index contributed by atoms with van der Waals surface area (Å²) in [6.45, 7) is 8.39. The number of aliphatic imine (C=N–C) groups is 1. The number of amides is 1. The molecule has 0 aromatic rings. The number of nitrogens with zero attached hydrogens (tertiary/aromatic N) is 2. The van der Waals surface area contributed by atoms with Gasteiger partial charge in [0.2, 0.25) is 5.91 Å². The summed E-state index contributed by atoms with van der Waals surface area (Å²) in [5.74, 6) is 1.19. The zero-order chi connectivity index (χ0) is 13.9. The van der Waals surface area contributed by atoms with Gasteiger partial charge in [-0.2, -0.15) is 0 Å². The first-order valence-electron chi connectivity index (χ1n) is 7.57. The summed E-state index contributed by atoms with van der Waals surface area (Å²) >= 11 is 0. The number of rotatable bonds is 6. The van der Waals surface area contributed by atoms with E-state index in [1.165, 1.54) is 6.42 Å². The third kappa shape index (κ3) is 6.45. The van der Waals surface area contributed by atoms with E-state index in [0.717, 1.165) is 64.4 Å². The van der Waals surface area contributed by atoms with Gasteiger partial charge in [-0.1, -0.05) is 6.42 Å². The number of nitrogens with one attached hydrogen (secondary N) is 2. The Hall–Kier alpha value is -1.26. The van der Waals surface area contributed by atoms with Crippen molar-refractivity contribution < 1.29 is 4.79 Å². The number of likely N-dealkylation sites (tertiary alicyclic amines) is 1. The second-order valence-electron chi connectivity index (χ2n) is 4.84. The van der Waals surface area contributed by atoms with Crippen molar-refractivity contribution in [1.82, 2.24) is 15.5 Å². The van der Waals surface area contributed by atoms with E-state index in [0.29, 0.717) is 5.91 Å². The van der Waals surface area contributed by atoms with Crippen LogP contribution in [-0.4, -0.2) is 49.5 Å². The van der Waals surface area contributed by atoms with Gasteiger partial charge in [-0.25, -0.2) is 0 Å². The topological polar surface area (TPSA) is 56.7 Å². The van der Waals surface area contributed by atoms with Crippen LogP contribution in [0.15, 0.2) is 4.99 Å². The average Bonchev–Trinajstić information content (AvgIpc) is 2.60. The van der Waals surface area contributed by atoms with Crippen LogP contribution >= 0.6 is 0 Å². The molecule has 0 atom stereocenters. The molecular weight excluding hydrogens is 240 g/mol. The molecule has 0 radical (unpaired) electrons. The first-order chi connectivity index (χ1) is 9.27. The van der Waals surface area contributed by atoms with E-state index in [2.05, 4.69) is 29.5 Å². The lowest BCUT2D eigenvalue weighted by Crippen LogP contribution is -2.37. The van der Waals surface area contributed by atoms with Gasteiger partial charge in [0.15, 0.2) is 5.96 Å². The molecule has 1 fully saturated rings. The van der Waals surface area contributed by atoms with Gasteiger partial charge in [0.1, 0.15) is 0 Å². The highest BCUT2D eigenvalue weighted by atomic mass is 16.2. The van der Waals surface area contributed by atoms with Crippen LogP contribution in [0.3, 0.4) is 0 Å². The quantitative estimate of drug-likeness (QED) is 0.434. The predicted octanol–water partition coefficient (Wildman–Crippen LogP) is 1.35. The summed E-state index contributed by atoms with van der Waals surface area (Å²) in [7, 11) is 0. The van der Waals surface area contributed by atoms with Gasteiger partial charge in [-0.15, -0.1) is 0 Å². The summed E-state index contributed by atoms with van der Waals surface area (Å²) in [6, 6.07) is 0. The maximum atomic E-state index is 11.8. The fraction of sp³-hybridized carbons (Fsp3) is 0.857. The fourth-order valence-electron chi connectivity index (χ4n) is 2.24. The summed E-state index contributed by atoms with van der Waals surface area (Å²) in [4.78, 5) is 18.3. The lowest BCUT2D eigenvalue weighted by atomic mass is 10.2. The van der Waals surface area contributed by atoms with E-state index in [-0.39, 0.29) is 0 Å². The van der Waals surface area contributed by atoms with Crippen LogP contribution < -0.4 is 10.6 Å². The standard InChI is InChI=1S/C14H28N4O/c1-3-15-14(16-4-2)17-10-8-12-18-11-7-5-6-9-13(18)19/h3-12H2,1-2H3,(H2,15,16,17). The van der Waals surface area contributed by atoms with E-state index in [4.69, 9.17) is 0 Å². The highest BCUT2D eigenvalue weighted by Gasteiger charge is 2.15. The molecule has 1 heterocycles. The number of carbonyl (C=O) groups excluding carboxylic acids is 1. The Morgan fingerprint density at radius 2 is 1.95 bits per heavy atom. The van der Waals surface area contributed by atoms with Crippen LogP contribution in [0.25, 0.3) is 0 Å². The summed E-state index contributed by atoms with van der Waals surface area (Å²) < 4.78 is 0. The molecule has 0 aliphatic carbocycles. The zero-order valence-corrected chi connectivity index (χ0v) is 12.4. The van der Waals surface area contributed by atoms with E-state index in [9.17, 15) is 4.79 Å². The monoisotopic (exact) mass is 268 g/mol. The SMILES string of the molecule is CCNC(=NCCCN1CCCCCC1=O)NCC. The Kier molecular flexibility index (Phi) is 8.02. The third-order valence-corrected chi connectivity index (χ3v) is 3.22. The lowest BCUT2D eigenvalue weighted by molar-refractivity contribution is -0.130. The lowest BCUT2D eigenvalue weighted by Gasteiger charge is -2.19. The molecule has 0 saturated carbocycles. The second-order valence-corrected chi connectivity index (χ2v) is 4.84. The Morgan fingerprint density at radius 3 is 2.63 bits per heavy atom. The van der Waals surface area contributed by atoms with Gasteiger partial charge in [0, 0.05) is 39.1 Å². The Balaban J connectivity index is 2.27. The molecule has 0 spiro atoms. The number of guanidine groups is 1. The van der Waals surface area contributed by atoms with Gasteiger partial charge in [-0.3, -0.25) is 9.79 Å². The number of carbonyl (C=O) groups is 1. The zero-order valence-electron chi connectivity index (χ0n) is 12.4. The molecule has 1 amide bonds.